The van der Waals surface area contributed by atoms with Crippen molar-refractivity contribution in [1.29, 1.82) is 0 Å². The summed E-state index contributed by atoms with van der Waals surface area (Å²) in [5.74, 6) is -0.157. The van der Waals surface area contributed by atoms with Crippen LogP contribution in [0.4, 0.5) is 0 Å². The minimum Gasteiger partial charge on any atom is -0.481 e. The summed E-state index contributed by atoms with van der Waals surface area (Å²) >= 11 is 0. The fraction of sp³-hybridized carbons (Fsp3) is 0.909. The second-order valence-electron chi connectivity index (χ2n) is 4.64. The lowest BCUT2D eigenvalue weighted by Crippen LogP contribution is -2.23. The molecule has 0 aromatic rings. The fourth-order valence-corrected chi connectivity index (χ4v) is 2.27. The van der Waals surface area contributed by atoms with Crippen molar-refractivity contribution >= 4 is 5.97 Å². The normalized spacial score (nSPS) is 35.4. The topological polar surface area (TPSA) is 63.3 Å². The summed E-state index contributed by atoms with van der Waals surface area (Å²) in [6.45, 7) is 2.21. The number of carbonyl (C=O) groups is 1. The molecular formula is C11H21NO2. The molecule has 0 bridgehead atoms. The molecule has 1 saturated carbocycles. The van der Waals surface area contributed by atoms with Crippen LogP contribution in [0, 0.1) is 11.8 Å². The van der Waals surface area contributed by atoms with Gasteiger partial charge in [0, 0.05) is 6.04 Å². The minimum absolute atomic E-state index is 0.161. The molecule has 0 saturated heterocycles. The first-order valence-corrected chi connectivity index (χ1v) is 5.58. The molecule has 0 spiro atoms. The SMILES string of the molecule is CC1CCCC(C(=O)O)CCC(N)C1. The van der Waals surface area contributed by atoms with Gasteiger partial charge in [0.15, 0.2) is 0 Å². The summed E-state index contributed by atoms with van der Waals surface area (Å²) in [6.07, 6.45) is 5.64. The molecule has 0 aliphatic heterocycles. The van der Waals surface area contributed by atoms with E-state index in [9.17, 15) is 4.79 Å². The van der Waals surface area contributed by atoms with Crippen molar-refractivity contribution in [2.45, 2.75) is 51.5 Å². The van der Waals surface area contributed by atoms with Crippen LogP contribution in [-0.4, -0.2) is 17.1 Å². The van der Waals surface area contributed by atoms with Gasteiger partial charge in [-0.15, -0.1) is 0 Å². The summed E-state index contributed by atoms with van der Waals surface area (Å²) in [5, 5.41) is 8.96. The summed E-state index contributed by atoms with van der Waals surface area (Å²) in [7, 11) is 0. The van der Waals surface area contributed by atoms with Crippen molar-refractivity contribution in [3.8, 4) is 0 Å². The molecule has 1 fully saturated rings. The molecule has 0 aromatic carbocycles. The molecule has 0 heterocycles. The van der Waals surface area contributed by atoms with Gasteiger partial charge in [-0.1, -0.05) is 19.8 Å². The summed E-state index contributed by atoms with van der Waals surface area (Å²) in [5.41, 5.74) is 5.93. The van der Waals surface area contributed by atoms with Crippen molar-refractivity contribution in [2.24, 2.45) is 17.6 Å². The lowest BCUT2D eigenvalue weighted by atomic mass is 9.96. The van der Waals surface area contributed by atoms with Crippen LogP contribution in [0.2, 0.25) is 0 Å². The Kier molecular flexibility index (Phi) is 4.39. The van der Waals surface area contributed by atoms with Crippen molar-refractivity contribution in [3.05, 3.63) is 0 Å². The highest BCUT2D eigenvalue weighted by Gasteiger charge is 2.21. The van der Waals surface area contributed by atoms with E-state index in [0.29, 0.717) is 5.92 Å². The zero-order chi connectivity index (χ0) is 10.6. The van der Waals surface area contributed by atoms with Gasteiger partial charge in [-0.2, -0.15) is 0 Å². The van der Waals surface area contributed by atoms with Crippen LogP contribution in [0.1, 0.15) is 45.4 Å². The second-order valence-corrected chi connectivity index (χ2v) is 4.64. The molecule has 1 aliphatic rings. The Balaban J connectivity index is 2.49. The van der Waals surface area contributed by atoms with Gasteiger partial charge >= 0.3 is 5.97 Å². The maximum atomic E-state index is 10.9. The summed E-state index contributed by atoms with van der Waals surface area (Å²) in [6, 6.07) is 0.199. The van der Waals surface area contributed by atoms with Crippen molar-refractivity contribution < 1.29 is 9.90 Å². The first-order valence-electron chi connectivity index (χ1n) is 5.58. The summed E-state index contributed by atoms with van der Waals surface area (Å²) < 4.78 is 0. The van der Waals surface area contributed by atoms with Crippen LogP contribution in [0.5, 0.6) is 0 Å². The van der Waals surface area contributed by atoms with Crippen molar-refractivity contribution in [3.63, 3.8) is 0 Å². The van der Waals surface area contributed by atoms with Gasteiger partial charge in [-0.25, -0.2) is 0 Å². The third-order valence-corrected chi connectivity index (χ3v) is 3.19. The maximum absolute atomic E-state index is 10.9. The number of aliphatic carboxylic acids is 1. The van der Waals surface area contributed by atoms with E-state index < -0.39 is 5.97 Å². The molecule has 1 aliphatic carbocycles. The third kappa shape index (κ3) is 3.66. The molecular weight excluding hydrogens is 178 g/mol. The van der Waals surface area contributed by atoms with E-state index in [1.54, 1.807) is 0 Å². The number of carboxylic acid groups (broad SMARTS) is 1. The van der Waals surface area contributed by atoms with E-state index in [0.717, 1.165) is 38.5 Å². The lowest BCUT2D eigenvalue weighted by Gasteiger charge is -2.15. The van der Waals surface area contributed by atoms with Crippen LogP contribution in [0.15, 0.2) is 0 Å². The Hall–Kier alpha value is -0.570. The number of carboxylic acids is 1. The molecule has 1 rings (SSSR count). The Morgan fingerprint density at radius 2 is 2.00 bits per heavy atom. The molecule has 0 radical (unpaired) electrons. The van der Waals surface area contributed by atoms with Crippen molar-refractivity contribution in [2.75, 3.05) is 0 Å². The van der Waals surface area contributed by atoms with Crippen LogP contribution >= 0.6 is 0 Å². The van der Waals surface area contributed by atoms with E-state index in [4.69, 9.17) is 10.8 Å². The van der Waals surface area contributed by atoms with Gasteiger partial charge in [0.05, 0.1) is 5.92 Å². The van der Waals surface area contributed by atoms with E-state index >= 15 is 0 Å². The smallest absolute Gasteiger partial charge is 0.306 e. The third-order valence-electron chi connectivity index (χ3n) is 3.19. The standard InChI is InChI=1S/C11H21NO2/c1-8-3-2-4-9(11(13)14)5-6-10(12)7-8/h8-10H,2-7,12H2,1H3,(H,13,14). The highest BCUT2D eigenvalue weighted by atomic mass is 16.4. The average Bonchev–Trinajstić information content (AvgIpc) is 2.16. The van der Waals surface area contributed by atoms with Gasteiger partial charge in [-0.3, -0.25) is 4.79 Å². The molecule has 0 aromatic heterocycles. The van der Waals surface area contributed by atoms with Gasteiger partial charge in [0.1, 0.15) is 0 Å². The van der Waals surface area contributed by atoms with Crippen LogP contribution in [0.25, 0.3) is 0 Å². The van der Waals surface area contributed by atoms with Gasteiger partial charge < -0.3 is 10.8 Å². The number of nitrogens with two attached hydrogens (primary N) is 1. The fourth-order valence-electron chi connectivity index (χ4n) is 2.27. The molecule has 3 unspecified atom stereocenters. The molecule has 3 nitrogen and oxygen atoms in total. The minimum atomic E-state index is -0.647. The van der Waals surface area contributed by atoms with Crippen LogP contribution in [-0.2, 0) is 4.79 Å². The van der Waals surface area contributed by atoms with Crippen LogP contribution < -0.4 is 5.73 Å². The highest BCUT2D eigenvalue weighted by Crippen LogP contribution is 2.24. The second kappa shape index (κ2) is 5.35. The zero-order valence-corrected chi connectivity index (χ0v) is 8.91. The average molecular weight is 199 g/mol. The Morgan fingerprint density at radius 1 is 1.29 bits per heavy atom. The van der Waals surface area contributed by atoms with Gasteiger partial charge in [0.25, 0.3) is 0 Å². The van der Waals surface area contributed by atoms with E-state index in [2.05, 4.69) is 6.92 Å². The molecule has 3 heteroatoms. The largest absolute Gasteiger partial charge is 0.481 e. The Morgan fingerprint density at radius 3 is 2.64 bits per heavy atom. The van der Waals surface area contributed by atoms with Crippen molar-refractivity contribution in [1.82, 2.24) is 0 Å². The van der Waals surface area contributed by atoms with E-state index in [-0.39, 0.29) is 12.0 Å². The van der Waals surface area contributed by atoms with Gasteiger partial charge in [0.2, 0.25) is 0 Å². The molecule has 14 heavy (non-hydrogen) atoms. The quantitative estimate of drug-likeness (QED) is 0.679. The van der Waals surface area contributed by atoms with Gasteiger partial charge in [-0.05, 0) is 31.6 Å². The first-order chi connectivity index (χ1) is 6.59. The monoisotopic (exact) mass is 199 g/mol. The zero-order valence-electron chi connectivity index (χ0n) is 8.91. The Bertz CT molecular complexity index is 194. The van der Waals surface area contributed by atoms with E-state index in [1.165, 1.54) is 0 Å². The molecule has 82 valence electrons. The Labute approximate surface area is 85.7 Å². The molecule has 3 N–H and O–H groups in total. The van der Waals surface area contributed by atoms with E-state index in [1.807, 2.05) is 0 Å². The lowest BCUT2D eigenvalue weighted by molar-refractivity contribution is -0.142. The first kappa shape index (κ1) is 11.5. The number of hydrogen-bond acceptors (Lipinski definition) is 2. The predicted octanol–water partition coefficient (Wildman–Crippen LogP) is 2.00. The maximum Gasteiger partial charge on any atom is 0.306 e. The number of hydrogen-bond donors (Lipinski definition) is 2. The molecule has 3 atom stereocenters. The summed E-state index contributed by atoms with van der Waals surface area (Å²) in [4.78, 5) is 10.9. The molecule has 0 amide bonds. The number of rotatable bonds is 1. The predicted molar refractivity (Wildman–Crippen MR) is 56.0 cm³/mol. The highest BCUT2D eigenvalue weighted by molar-refractivity contribution is 5.69. The van der Waals surface area contributed by atoms with Crippen LogP contribution in [0.3, 0.4) is 0 Å².